The Morgan fingerprint density at radius 2 is 2.00 bits per heavy atom. The van der Waals surface area contributed by atoms with Crippen molar-refractivity contribution in [2.45, 2.75) is 44.7 Å². The van der Waals surface area contributed by atoms with Gasteiger partial charge in [-0.2, -0.15) is 0 Å². The lowest BCUT2D eigenvalue weighted by Gasteiger charge is -2.44. The van der Waals surface area contributed by atoms with Crippen LogP contribution in [-0.4, -0.2) is 54.5 Å². The molecule has 0 radical (unpaired) electrons. The number of methoxy groups -OCH3 is 1. The number of carbonyl (C=O) groups is 2. The Hall–Kier alpha value is -1.40. The molecule has 2 heterocycles. The normalized spacial score (nSPS) is 28.5. The predicted molar refractivity (Wildman–Crippen MR) is 93.8 cm³/mol. The van der Waals surface area contributed by atoms with Gasteiger partial charge in [0.1, 0.15) is 12.6 Å². The van der Waals surface area contributed by atoms with Crippen molar-refractivity contribution in [2.75, 3.05) is 26.8 Å². The molecule has 1 aromatic rings. The van der Waals surface area contributed by atoms with E-state index in [9.17, 15) is 9.59 Å². The van der Waals surface area contributed by atoms with Gasteiger partial charge in [0.05, 0.1) is 6.61 Å². The molecule has 132 valence electrons. The molecule has 1 atom stereocenters. The molecule has 0 aromatic carbocycles. The Morgan fingerprint density at radius 1 is 1.25 bits per heavy atom. The van der Waals surface area contributed by atoms with Crippen LogP contribution >= 0.6 is 11.3 Å². The molecule has 3 rings (SSSR count). The summed E-state index contributed by atoms with van der Waals surface area (Å²) in [4.78, 5) is 30.5. The number of piperazine rings is 1. The van der Waals surface area contributed by atoms with E-state index < -0.39 is 6.04 Å². The average Bonchev–Trinajstić information content (AvgIpc) is 3.10. The van der Waals surface area contributed by atoms with E-state index >= 15 is 0 Å². The monoisotopic (exact) mass is 350 g/mol. The first kappa shape index (κ1) is 17.4. The van der Waals surface area contributed by atoms with E-state index in [4.69, 9.17) is 4.74 Å². The second kappa shape index (κ2) is 7.66. The molecule has 1 saturated heterocycles. The Kier molecular flexibility index (Phi) is 5.56. The van der Waals surface area contributed by atoms with Crippen LogP contribution in [0.1, 0.15) is 43.5 Å². The Balaban J connectivity index is 1.82. The molecule has 1 aromatic heterocycles. The molecule has 1 saturated carbocycles. The summed E-state index contributed by atoms with van der Waals surface area (Å²) in [7, 11) is 1.62. The van der Waals surface area contributed by atoms with Crippen LogP contribution in [0.15, 0.2) is 17.5 Å². The number of rotatable bonds is 5. The quantitative estimate of drug-likeness (QED) is 0.820. The van der Waals surface area contributed by atoms with Gasteiger partial charge in [-0.05, 0) is 43.0 Å². The highest BCUT2D eigenvalue weighted by molar-refractivity contribution is 7.10. The van der Waals surface area contributed by atoms with E-state index in [0.29, 0.717) is 13.2 Å². The van der Waals surface area contributed by atoms with Crippen LogP contribution in [0.2, 0.25) is 0 Å². The maximum atomic E-state index is 13.2. The average molecular weight is 350 g/mol. The van der Waals surface area contributed by atoms with E-state index in [1.54, 1.807) is 12.0 Å². The Labute approximate surface area is 147 Å². The van der Waals surface area contributed by atoms with Gasteiger partial charge in [-0.25, -0.2) is 0 Å². The third kappa shape index (κ3) is 3.49. The minimum atomic E-state index is -0.485. The van der Waals surface area contributed by atoms with Crippen molar-refractivity contribution in [3.63, 3.8) is 0 Å². The molecule has 2 amide bonds. The lowest BCUT2D eigenvalue weighted by Crippen LogP contribution is -2.59. The van der Waals surface area contributed by atoms with Crippen molar-refractivity contribution >= 4 is 23.2 Å². The summed E-state index contributed by atoms with van der Waals surface area (Å²) in [6.45, 7) is 3.38. The van der Waals surface area contributed by atoms with E-state index in [-0.39, 0.29) is 24.4 Å². The molecule has 0 N–H and O–H groups in total. The van der Waals surface area contributed by atoms with Crippen molar-refractivity contribution in [3.05, 3.63) is 22.4 Å². The van der Waals surface area contributed by atoms with Crippen molar-refractivity contribution in [3.8, 4) is 0 Å². The first-order valence-electron chi connectivity index (χ1n) is 8.74. The maximum Gasteiger partial charge on any atom is 0.251 e. The van der Waals surface area contributed by atoms with Gasteiger partial charge in [0.2, 0.25) is 5.91 Å². The summed E-state index contributed by atoms with van der Waals surface area (Å²) in [5.74, 6) is 0.833. The van der Waals surface area contributed by atoms with Crippen LogP contribution in [-0.2, 0) is 14.3 Å². The molecule has 0 bridgehead atoms. The zero-order valence-electron chi connectivity index (χ0n) is 14.4. The fraction of sp³-hybridized carbons (Fsp3) is 0.667. The number of thiophene rings is 1. The summed E-state index contributed by atoms with van der Waals surface area (Å²) in [6, 6.07) is 3.62. The summed E-state index contributed by atoms with van der Waals surface area (Å²) >= 11 is 1.54. The summed E-state index contributed by atoms with van der Waals surface area (Å²) in [5.41, 5.74) is 0. The molecule has 0 unspecified atom stereocenters. The van der Waals surface area contributed by atoms with Crippen LogP contribution in [0.5, 0.6) is 0 Å². The minimum absolute atomic E-state index is 0.0312. The Bertz CT molecular complexity index is 567. The number of nitrogens with zero attached hydrogens (tertiary/aromatic N) is 2. The number of hydrogen-bond donors (Lipinski definition) is 0. The lowest BCUT2D eigenvalue weighted by molar-refractivity contribution is -0.159. The number of carbonyl (C=O) groups excluding carboxylic acids is 2. The van der Waals surface area contributed by atoms with Crippen LogP contribution < -0.4 is 0 Å². The Morgan fingerprint density at radius 3 is 2.62 bits per heavy atom. The third-order valence-electron chi connectivity index (χ3n) is 5.23. The fourth-order valence-corrected chi connectivity index (χ4v) is 4.61. The molecule has 5 nitrogen and oxygen atoms in total. The van der Waals surface area contributed by atoms with Crippen LogP contribution in [0.4, 0.5) is 0 Å². The highest BCUT2D eigenvalue weighted by Gasteiger charge is 2.43. The van der Waals surface area contributed by atoms with Crippen molar-refractivity contribution < 1.29 is 14.3 Å². The molecule has 1 aliphatic heterocycles. The summed E-state index contributed by atoms with van der Waals surface area (Å²) in [5, 5.41) is 1.96. The molecular weight excluding hydrogens is 324 g/mol. The first-order valence-corrected chi connectivity index (χ1v) is 9.62. The lowest BCUT2D eigenvalue weighted by atomic mass is 9.86. The molecular formula is C18H26N2O3S. The minimum Gasteiger partial charge on any atom is -0.383 e. The van der Waals surface area contributed by atoms with Crippen molar-refractivity contribution in [1.29, 1.82) is 0 Å². The number of amides is 2. The van der Waals surface area contributed by atoms with Gasteiger partial charge in [0.15, 0.2) is 0 Å². The van der Waals surface area contributed by atoms with E-state index in [0.717, 1.165) is 36.5 Å². The summed E-state index contributed by atoms with van der Waals surface area (Å²) in [6.07, 6.45) is 4.30. The maximum absolute atomic E-state index is 13.2. The molecule has 2 aliphatic rings. The van der Waals surface area contributed by atoms with Crippen LogP contribution in [0.3, 0.4) is 0 Å². The second-order valence-electron chi connectivity index (χ2n) is 6.88. The smallest absolute Gasteiger partial charge is 0.251 e. The summed E-state index contributed by atoms with van der Waals surface area (Å²) < 4.78 is 5.13. The molecule has 0 spiro atoms. The van der Waals surface area contributed by atoms with Gasteiger partial charge >= 0.3 is 0 Å². The van der Waals surface area contributed by atoms with Gasteiger partial charge in [-0.1, -0.05) is 13.0 Å². The second-order valence-corrected chi connectivity index (χ2v) is 7.86. The standard InChI is InChI=1S/C18H26N2O3S/c1-13-5-7-14(8-6-13)20-12-16(21)19(9-10-23-2)17(18(20)22)15-4-3-11-24-15/h3-4,11,13-14,17H,5-10,12H2,1-2H3/t13?,14?,17-/m0/s1. The predicted octanol–water partition coefficient (Wildman–Crippen LogP) is 2.69. The van der Waals surface area contributed by atoms with E-state index in [1.807, 2.05) is 22.4 Å². The number of ether oxygens (including phenoxy) is 1. The SMILES string of the molecule is COCCN1C(=O)CN(C2CCC(C)CC2)C(=O)[C@@H]1c1cccs1. The zero-order valence-corrected chi connectivity index (χ0v) is 15.3. The van der Waals surface area contributed by atoms with Crippen LogP contribution in [0, 0.1) is 5.92 Å². The first-order chi connectivity index (χ1) is 11.6. The third-order valence-corrected chi connectivity index (χ3v) is 6.15. The van der Waals surface area contributed by atoms with Crippen molar-refractivity contribution in [2.24, 2.45) is 5.92 Å². The molecule has 2 fully saturated rings. The van der Waals surface area contributed by atoms with Gasteiger partial charge in [0.25, 0.3) is 5.91 Å². The highest BCUT2D eigenvalue weighted by atomic mass is 32.1. The highest BCUT2D eigenvalue weighted by Crippen LogP contribution is 2.35. The molecule has 6 heteroatoms. The largest absolute Gasteiger partial charge is 0.383 e. The topological polar surface area (TPSA) is 49.9 Å². The van der Waals surface area contributed by atoms with Crippen LogP contribution in [0.25, 0.3) is 0 Å². The van der Waals surface area contributed by atoms with Gasteiger partial charge < -0.3 is 14.5 Å². The van der Waals surface area contributed by atoms with E-state index in [1.165, 1.54) is 11.3 Å². The van der Waals surface area contributed by atoms with Gasteiger partial charge in [0, 0.05) is 24.6 Å². The zero-order chi connectivity index (χ0) is 17.1. The fourth-order valence-electron chi connectivity index (χ4n) is 3.78. The van der Waals surface area contributed by atoms with Gasteiger partial charge in [-0.3, -0.25) is 9.59 Å². The molecule has 1 aliphatic carbocycles. The number of hydrogen-bond acceptors (Lipinski definition) is 4. The van der Waals surface area contributed by atoms with E-state index in [2.05, 4.69) is 6.92 Å². The molecule has 24 heavy (non-hydrogen) atoms. The van der Waals surface area contributed by atoms with Crippen molar-refractivity contribution in [1.82, 2.24) is 9.80 Å². The van der Waals surface area contributed by atoms with Gasteiger partial charge in [-0.15, -0.1) is 11.3 Å².